The van der Waals surface area contributed by atoms with Crippen molar-refractivity contribution in [2.75, 3.05) is 23.3 Å². The minimum atomic E-state index is -0.991. The van der Waals surface area contributed by atoms with E-state index in [-0.39, 0.29) is 11.5 Å². The van der Waals surface area contributed by atoms with Crippen molar-refractivity contribution in [1.82, 2.24) is 0 Å². The second-order valence-corrected chi connectivity index (χ2v) is 6.40. The fourth-order valence-corrected chi connectivity index (χ4v) is 3.17. The van der Waals surface area contributed by atoms with Gasteiger partial charge >= 0.3 is 5.97 Å². The molecule has 128 valence electrons. The van der Waals surface area contributed by atoms with E-state index in [1.54, 1.807) is 24.3 Å². The van der Waals surface area contributed by atoms with Gasteiger partial charge in [0.25, 0.3) is 5.91 Å². The molecule has 0 saturated carbocycles. The molecule has 0 radical (unpaired) electrons. The Labute approximate surface area is 145 Å². The fraction of sp³-hybridized carbons (Fsp3) is 0.333. The lowest BCUT2D eigenvalue weighted by molar-refractivity contribution is 0.0697. The number of rotatable bonds is 8. The third-order valence-electron chi connectivity index (χ3n) is 3.56. The zero-order valence-corrected chi connectivity index (χ0v) is 14.7. The van der Waals surface area contributed by atoms with Gasteiger partial charge in [-0.15, -0.1) is 11.3 Å². The summed E-state index contributed by atoms with van der Waals surface area (Å²) in [6.45, 7) is 5.74. The SMILES string of the molecule is CCCN(CCC)c1ccc(NC(=O)c2cccs2)cc1C(=O)O. The minimum Gasteiger partial charge on any atom is -0.478 e. The Hall–Kier alpha value is -2.34. The third kappa shape index (κ3) is 4.35. The zero-order valence-electron chi connectivity index (χ0n) is 13.9. The lowest BCUT2D eigenvalue weighted by Gasteiger charge is -2.25. The highest BCUT2D eigenvalue weighted by Crippen LogP contribution is 2.26. The first-order chi connectivity index (χ1) is 11.6. The van der Waals surface area contributed by atoms with Gasteiger partial charge in [-0.3, -0.25) is 4.79 Å². The van der Waals surface area contributed by atoms with Gasteiger partial charge in [0.05, 0.1) is 16.1 Å². The van der Waals surface area contributed by atoms with Crippen molar-refractivity contribution in [3.05, 3.63) is 46.2 Å². The van der Waals surface area contributed by atoms with Gasteiger partial charge in [-0.05, 0) is 42.5 Å². The van der Waals surface area contributed by atoms with Crippen LogP contribution in [0.3, 0.4) is 0 Å². The Balaban J connectivity index is 2.28. The van der Waals surface area contributed by atoms with Crippen LogP contribution in [0, 0.1) is 0 Å². The summed E-state index contributed by atoms with van der Waals surface area (Å²) >= 11 is 1.35. The van der Waals surface area contributed by atoms with E-state index in [0.717, 1.165) is 25.9 Å². The largest absolute Gasteiger partial charge is 0.478 e. The van der Waals surface area contributed by atoms with Crippen LogP contribution in [0.25, 0.3) is 0 Å². The number of anilines is 2. The smallest absolute Gasteiger partial charge is 0.337 e. The van der Waals surface area contributed by atoms with Crippen molar-refractivity contribution < 1.29 is 14.7 Å². The molecule has 2 aromatic rings. The van der Waals surface area contributed by atoms with Crippen molar-refractivity contribution in [2.24, 2.45) is 0 Å². The highest BCUT2D eigenvalue weighted by atomic mass is 32.1. The molecule has 6 heteroatoms. The lowest BCUT2D eigenvalue weighted by Crippen LogP contribution is -2.27. The zero-order chi connectivity index (χ0) is 17.5. The fourth-order valence-electron chi connectivity index (χ4n) is 2.55. The molecule has 0 spiro atoms. The molecule has 0 fully saturated rings. The molecule has 2 rings (SSSR count). The molecule has 0 bridgehead atoms. The van der Waals surface area contributed by atoms with Crippen LogP contribution in [0.15, 0.2) is 35.7 Å². The molecule has 5 nitrogen and oxygen atoms in total. The van der Waals surface area contributed by atoms with E-state index >= 15 is 0 Å². The first kappa shape index (κ1) is 18.0. The van der Waals surface area contributed by atoms with Crippen molar-refractivity contribution in [2.45, 2.75) is 26.7 Å². The van der Waals surface area contributed by atoms with Crippen LogP contribution in [0.1, 0.15) is 46.7 Å². The minimum absolute atomic E-state index is 0.209. The Bertz CT molecular complexity index is 692. The van der Waals surface area contributed by atoms with Gasteiger partial charge in [0, 0.05) is 18.8 Å². The first-order valence-electron chi connectivity index (χ1n) is 8.04. The van der Waals surface area contributed by atoms with Crippen molar-refractivity contribution in [3.63, 3.8) is 0 Å². The van der Waals surface area contributed by atoms with Gasteiger partial charge < -0.3 is 15.3 Å². The van der Waals surface area contributed by atoms with E-state index in [2.05, 4.69) is 24.1 Å². The van der Waals surface area contributed by atoms with Crippen LogP contribution in [0.2, 0.25) is 0 Å². The molecule has 0 unspecified atom stereocenters. The molecule has 1 amide bonds. The average molecular weight is 346 g/mol. The van der Waals surface area contributed by atoms with E-state index in [9.17, 15) is 14.7 Å². The van der Waals surface area contributed by atoms with Gasteiger partial charge in [0.2, 0.25) is 0 Å². The topological polar surface area (TPSA) is 69.6 Å². The number of carboxylic acid groups (broad SMARTS) is 1. The van der Waals surface area contributed by atoms with Gasteiger partial charge in [0.1, 0.15) is 0 Å². The highest BCUT2D eigenvalue weighted by Gasteiger charge is 2.17. The molecule has 0 saturated heterocycles. The van der Waals surface area contributed by atoms with Crippen LogP contribution >= 0.6 is 11.3 Å². The maximum atomic E-state index is 12.1. The van der Waals surface area contributed by atoms with E-state index in [1.807, 2.05) is 5.38 Å². The molecule has 1 aromatic heterocycles. The average Bonchev–Trinajstić information content (AvgIpc) is 3.09. The molecule has 2 N–H and O–H groups in total. The molecule has 0 aliphatic rings. The summed E-state index contributed by atoms with van der Waals surface area (Å²) in [5.74, 6) is -1.22. The number of hydrogen-bond acceptors (Lipinski definition) is 4. The maximum Gasteiger partial charge on any atom is 0.337 e. The van der Waals surface area contributed by atoms with Gasteiger partial charge in [-0.1, -0.05) is 19.9 Å². The summed E-state index contributed by atoms with van der Waals surface area (Å²) in [6.07, 6.45) is 1.88. The number of nitrogens with one attached hydrogen (secondary N) is 1. The van der Waals surface area contributed by atoms with Crippen LogP contribution < -0.4 is 10.2 Å². The number of hydrogen-bond donors (Lipinski definition) is 2. The van der Waals surface area contributed by atoms with E-state index < -0.39 is 5.97 Å². The summed E-state index contributed by atoms with van der Waals surface area (Å²) in [5, 5.41) is 14.1. The standard InChI is InChI=1S/C18H22N2O3S/c1-3-9-20(10-4-2)15-8-7-13(12-14(15)18(22)23)19-17(21)16-6-5-11-24-16/h5-8,11-12H,3-4,9-10H2,1-2H3,(H,19,21)(H,22,23). The Morgan fingerprint density at radius 2 is 1.88 bits per heavy atom. The lowest BCUT2D eigenvalue weighted by atomic mass is 10.1. The van der Waals surface area contributed by atoms with E-state index in [4.69, 9.17) is 0 Å². The molecule has 24 heavy (non-hydrogen) atoms. The number of nitrogens with zero attached hydrogens (tertiary/aromatic N) is 1. The summed E-state index contributed by atoms with van der Waals surface area (Å²) < 4.78 is 0. The summed E-state index contributed by atoms with van der Waals surface area (Å²) in [5.41, 5.74) is 1.39. The van der Waals surface area contributed by atoms with Crippen LogP contribution in [-0.4, -0.2) is 30.1 Å². The Morgan fingerprint density at radius 1 is 1.17 bits per heavy atom. The van der Waals surface area contributed by atoms with Gasteiger partial charge in [-0.2, -0.15) is 0 Å². The summed E-state index contributed by atoms with van der Waals surface area (Å²) in [4.78, 5) is 26.5. The number of carboxylic acids is 1. The molecule has 1 heterocycles. The molecule has 0 aliphatic heterocycles. The number of benzene rings is 1. The summed E-state index contributed by atoms with van der Waals surface area (Å²) in [7, 11) is 0. The maximum absolute atomic E-state index is 12.1. The van der Waals surface area contributed by atoms with Crippen molar-refractivity contribution in [1.29, 1.82) is 0 Å². The number of aromatic carboxylic acids is 1. The second-order valence-electron chi connectivity index (χ2n) is 5.46. The molecule has 0 atom stereocenters. The molecular weight excluding hydrogens is 324 g/mol. The second kappa shape index (κ2) is 8.49. The van der Waals surface area contributed by atoms with Crippen LogP contribution in [-0.2, 0) is 0 Å². The van der Waals surface area contributed by atoms with Gasteiger partial charge in [-0.25, -0.2) is 4.79 Å². The van der Waals surface area contributed by atoms with E-state index in [0.29, 0.717) is 16.3 Å². The number of amides is 1. The summed E-state index contributed by atoms with van der Waals surface area (Å²) in [6, 6.07) is 8.60. The predicted molar refractivity (Wildman–Crippen MR) is 98.5 cm³/mol. The number of carbonyl (C=O) groups excluding carboxylic acids is 1. The third-order valence-corrected chi connectivity index (χ3v) is 4.43. The Kier molecular flexibility index (Phi) is 6.37. The Morgan fingerprint density at radius 3 is 2.42 bits per heavy atom. The number of thiophene rings is 1. The van der Waals surface area contributed by atoms with Crippen LogP contribution in [0.4, 0.5) is 11.4 Å². The van der Waals surface area contributed by atoms with E-state index in [1.165, 1.54) is 17.4 Å². The van der Waals surface area contributed by atoms with Crippen LogP contribution in [0.5, 0.6) is 0 Å². The normalized spacial score (nSPS) is 10.4. The molecular formula is C18H22N2O3S. The molecule has 1 aromatic carbocycles. The highest BCUT2D eigenvalue weighted by molar-refractivity contribution is 7.12. The monoisotopic (exact) mass is 346 g/mol. The predicted octanol–water partition coefficient (Wildman–Crippen LogP) is 4.33. The van der Waals surface area contributed by atoms with Crippen molar-refractivity contribution >= 4 is 34.6 Å². The number of carbonyl (C=O) groups is 2. The molecule has 0 aliphatic carbocycles. The van der Waals surface area contributed by atoms with Gasteiger partial charge in [0.15, 0.2) is 0 Å². The first-order valence-corrected chi connectivity index (χ1v) is 8.91. The van der Waals surface area contributed by atoms with Crippen molar-refractivity contribution in [3.8, 4) is 0 Å². The quantitative estimate of drug-likeness (QED) is 0.746.